The van der Waals surface area contributed by atoms with Gasteiger partial charge in [-0.2, -0.15) is 0 Å². The van der Waals surface area contributed by atoms with Crippen LogP contribution in [0.1, 0.15) is 76.2 Å². The van der Waals surface area contributed by atoms with E-state index in [0.29, 0.717) is 25.3 Å². The number of aryl methyl sites for hydroxylation is 1. The van der Waals surface area contributed by atoms with Crippen LogP contribution in [0.4, 0.5) is 0 Å². The van der Waals surface area contributed by atoms with Gasteiger partial charge in [-0.05, 0) is 74.0 Å². The minimum Gasteiger partial charge on any atom is -0.315 e. The van der Waals surface area contributed by atoms with E-state index in [1.165, 1.54) is 34.9 Å². The van der Waals surface area contributed by atoms with Gasteiger partial charge in [-0.15, -0.1) is 0 Å². The van der Waals surface area contributed by atoms with E-state index in [1.807, 2.05) is 43.7 Å². The average Bonchev–Trinajstić information content (AvgIpc) is 3.63. The Bertz CT molecular complexity index is 1010. The molecule has 0 radical (unpaired) electrons. The molecule has 2 aliphatic carbocycles. The van der Waals surface area contributed by atoms with Crippen molar-refractivity contribution < 1.29 is 9.59 Å². The minimum absolute atomic E-state index is 0.125. The van der Waals surface area contributed by atoms with Gasteiger partial charge in [0.1, 0.15) is 0 Å². The molecule has 1 saturated carbocycles. The first-order valence-corrected chi connectivity index (χ1v) is 13.4. The number of hydrogen-bond donors (Lipinski definition) is 1. The maximum Gasteiger partial charge on any atom is 0.230 e. The number of nitrogens with one attached hydrogen (secondary N) is 1. The third-order valence-electron chi connectivity index (χ3n) is 7.07. The van der Waals surface area contributed by atoms with E-state index in [0.717, 1.165) is 43.9 Å². The molecule has 34 heavy (non-hydrogen) atoms. The van der Waals surface area contributed by atoms with Crippen molar-refractivity contribution in [2.24, 2.45) is 11.8 Å². The molecule has 0 bridgehead atoms. The third-order valence-corrected chi connectivity index (χ3v) is 7.07. The first-order valence-electron chi connectivity index (χ1n) is 13.4. The van der Waals surface area contributed by atoms with Crippen LogP contribution in [0.3, 0.4) is 0 Å². The quantitative estimate of drug-likeness (QED) is 0.471. The summed E-state index contributed by atoms with van der Waals surface area (Å²) in [4.78, 5) is 27.9. The van der Waals surface area contributed by atoms with Crippen molar-refractivity contribution in [3.05, 3.63) is 41.6 Å². The summed E-state index contributed by atoms with van der Waals surface area (Å²) in [5.41, 5.74) is 4.67. The van der Waals surface area contributed by atoms with E-state index in [-0.39, 0.29) is 11.8 Å². The number of benzene rings is 1. The highest BCUT2D eigenvalue weighted by Gasteiger charge is 2.26. The zero-order valence-electron chi connectivity index (χ0n) is 21.8. The molecule has 1 N–H and O–H groups in total. The fourth-order valence-electron chi connectivity index (χ4n) is 4.84. The molecule has 0 spiro atoms. The van der Waals surface area contributed by atoms with Crippen molar-refractivity contribution in [2.45, 2.75) is 66.7 Å². The largest absolute Gasteiger partial charge is 0.315 e. The lowest BCUT2D eigenvalue weighted by atomic mass is 9.86. The molecule has 0 amide bonds. The fraction of sp³-hybridized carbons (Fsp3) is 0.586. The van der Waals surface area contributed by atoms with Crippen LogP contribution < -0.4 is 5.32 Å². The van der Waals surface area contributed by atoms with Crippen molar-refractivity contribution in [3.63, 3.8) is 0 Å². The molecular formula is C29H43N3O2. The molecule has 4 rings (SSSR count). The van der Waals surface area contributed by atoms with Crippen LogP contribution in [0.2, 0.25) is 0 Å². The molecule has 5 heteroatoms. The van der Waals surface area contributed by atoms with Gasteiger partial charge in [-0.3, -0.25) is 19.1 Å². The molecular weight excluding hydrogens is 422 g/mol. The molecule has 2 aliphatic rings. The zero-order chi connectivity index (χ0) is 24.7. The van der Waals surface area contributed by atoms with Gasteiger partial charge in [0, 0.05) is 24.5 Å². The highest BCUT2D eigenvalue weighted by atomic mass is 16.2. The monoisotopic (exact) mass is 465 g/mol. The van der Waals surface area contributed by atoms with Crippen LogP contribution in [0.15, 0.2) is 30.5 Å². The number of likely N-dealkylation sites (N-methyl/N-ethyl adjacent to an activating group) is 1. The Morgan fingerprint density at radius 2 is 1.88 bits per heavy atom. The first kappa shape index (κ1) is 26.4. The van der Waals surface area contributed by atoms with Crippen molar-refractivity contribution in [3.8, 4) is 0 Å². The number of ketones is 1. The van der Waals surface area contributed by atoms with Gasteiger partial charge >= 0.3 is 0 Å². The average molecular weight is 466 g/mol. The second-order valence-corrected chi connectivity index (χ2v) is 9.30. The van der Waals surface area contributed by atoms with Crippen molar-refractivity contribution >= 4 is 28.2 Å². The van der Waals surface area contributed by atoms with Crippen LogP contribution in [0.25, 0.3) is 16.5 Å². The number of rotatable bonds is 11. The number of Topliss-reactive ketones (excluding diaryl/α,β-unsaturated/α-hetero) is 1. The Morgan fingerprint density at radius 1 is 1.15 bits per heavy atom. The number of nitrogens with zero attached hydrogens (tertiary/aromatic N) is 2. The minimum atomic E-state index is -0.125. The van der Waals surface area contributed by atoms with Gasteiger partial charge in [-0.1, -0.05) is 52.8 Å². The molecule has 1 atom stereocenters. The number of carbonyl (C=O) groups is 2. The summed E-state index contributed by atoms with van der Waals surface area (Å²) in [5, 5.41) is 4.75. The number of allylic oxidation sites excluding steroid dienone is 1. The smallest absolute Gasteiger partial charge is 0.230 e. The topological polar surface area (TPSA) is 54.3 Å². The van der Waals surface area contributed by atoms with Crippen LogP contribution in [-0.4, -0.2) is 53.9 Å². The Hall–Kier alpha value is -2.24. The summed E-state index contributed by atoms with van der Waals surface area (Å²) in [7, 11) is 0. The van der Waals surface area contributed by atoms with Crippen LogP contribution >= 0.6 is 0 Å². The van der Waals surface area contributed by atoms with Gasteiger partial charge in [-0.25, -0.2) is 0 Å². The van der Waals surface area contributed by atoms with E-state index in [2.05, 4.69) is 36.2 Å². The van der Waals surface area contributed by atoms with Gasteiger partial charge in [0.05, 0.1) is 18.0 Å². The van der Waals surface area contributed by atoms with E-state index < -0.39 is 0 Å². The Morgan fingerprint density at radius 3 is 2.53 bits per heavy atom. The summed E-state index contributed by atoms with van der Waals surface area (Å²) in [5.74, 6) is 1.09. The summed E-state index contributed by atoms with van der Waals surface area (Å²) in [6, 6.07) is 6.23. The standard InChI is InChI=1S/C27H37N3O2.C2H6/c1-4-26(32)30-17-21-13-12-20(23-8-7-9-24(30)27(21)23)14-22(16-28-15-19-10-11-19)25(31)18-29(5-2)6-3;1-2/h7-9,14,17,19,22,28H,4-6,10-13,15-16,18H2,1-3H3;1-2H3/b20-14+;/t22-;/m1./s1. The Labute approximate surface area is 205 Å². The second kappa shape index (κ2) is 12.5. The Kier molecular flexibility index (Phi) is 9.66. The number of aromatic nitrogens is 1. The molecule has 186 valence electrons. The van der Waals surface area contributed by atoms with Gasteiger partial charge in [0.15, 0.2) is 5.78 Å². The van der Waals surface area contributed by atoms with Crippen LogP contribution in [0, 0.1) is 11.8 Å². The van der Waals surface area contributed by atoms with Crippen molar-refractivity contribution in [1.29, 1.82) is 0 Å². The molecule has 1 aromatic carbocycles. The SMILES string of the molecule is CC.CCC(=O)n1cc2c3c(cccc31)/C(=C/[C@H](CNCC1CC1)C(=O)CN(CC)CC)CC2. The molecule has 5 nitrogen and oxygen atoms in total. The normalized spacial score (nSPS) is 17.1. The van der Waals surface area contributed by atoms with Gasteiger partial charge in [0.2, 0.25) is 5.91 Å². The molecule has 0 aliphatic heterocycles. The highest BCUT2D eigenvalue weighted by Crippen LogP contribution is 2.38. The lowest BCUT2D eigenvalue weighted by Gasteiger charge is -2.23. The lowest BCUT2D eigenvalue weighted by molar-refractivity contribution is -0.122. The third kappa shape index (κ3) is 6.05. The predicted octanol–water partition coefficient (Wildman–Crippen LogP) is 5.57. The van der Waals surface area contributed by atoms with Crippen LogP contribution in [-0.2, 0) is 11.2 Å². The fourth-order valence-corrected chi connectivity index (χ4v) is 4.84. The van der Waals surface area contributed by atoms with Gasteiger partial charge in [0.25, 0.3) is 0 Å². The molecule has 0 unspecified atom stereocenters. The molecule has 1 fully saturated rings. The maximum absolute atomic E-state index is 13.3. The summed E-state index contributed by atoms with van der Waals surface area (Å²) in [6.45, 7) is 14.1. The summed E-state index contributed by atoms with van der Waals surface area (Å²) in [6.07, 6.45) is 9.18. The van der Waals surface area contributed by atoms with Crippen molar-refractivity contribution in [1.82, 2.24) is 14.8 Å². The summed E-state index contributed by atoms with van der Waals surface area (Å²) < 4.78 is 1.82. The van der Waals surface area contributed by atoms with Crippen molar-refractivity contribution in [2.75, 3.05) is 32.7 Å². The lowest BCUT2D eigenvalue weighted by Crippen LogP contribution is -2.37. The van der Waals surface area contributed by atoms with E-state index in [4.69, 9.17) is 0 Å². The predicted molar refractivity (Wildman–Crippen MR) is 142 cm³/mol. The summed E-state index contributed by atoms with van der Waals surface area (Å²) >= 11 is 0. The van der Waals surface area contributed by atoms with E-state index in [9.17, 15) is 9.59 Å². The Balaban J connectivity index is 0.00000158. The maximum atomic E-state index is 13.3. The second-order valence-electron chi connectivity index (χ2n) is 9.30. The number of carbonyl (C=O) groups excluding carboxylic acids is 2. The zero-order valence-corrected chi connectivity index (χ0v) is 21.8. The van der Waals surface area contributed by atoms with Crippen LogP contribution in [0.5, 0.6) is 0 Å². The molecule has 1 aromatic heterocycles. The molecule has 2 aromatic rings. The molecule has 1 heterocycles. The molecule has 0 saturated heterocycles. The van der Waals surface area contributed by atoms with E-state index >= 15 is 0 Å². The van der Waals surface area contributed by atoms with Gasteiger partial charge < -0.3 is 5.32 Å². The first-order chi connectivity index (χ1) is 16.5. The number of hydrogen-bond acceptors (Lipinski definition) is 4. The highest BCUT2D eigenvalue weighted by molar-refractivity contribution is 6.02. The van der Waals surface area contributed by atoms with E-state index in [1.54, 1.807) is 0 Å².